The molecule has 0 aromatic rings. The SMILES string of the molecule is CCCCCC1CC(=O)C2=C(C1)OC(=O)C[C@H]2CCC. The molecule has 3 nitrogen and oxygen atoms in total. The third kappa shape index (κ3) is 3.50. The number of ether oxygens (including phenoxy) is 1. The Hall–Kier alpha value is -1.12. The standard InChI is InChI=1S/C17H26O3/c1-3-5-6-8-12-9-14(18)17-13(7-4-2)11-16(19)20-15(17)10-12/h12-13H,3-11H2,1-2H3/t12?,13-/m1/s1. The van der Waals surface area contributed by atoms with E-state index in [-0.39, 0.29) is 17.7 Å². The smallest absolute Gasteiger partial charge is 0.311 e. The van der Waals surface area contributed by atoms with Gasteiger partial charge in [-0.05, 0) is 18.8 Å². The zero-order chi connectivity index (χ0) is 14.5. The van der Waals surface area contributed by atoms with E-state index in [1.54, 1.807) is 0 Å². The van der Waals surface area contributed by atoms with E-state index in [1.807, 2.05) is 0 Å². The number of allylic oxidation sites excluding steroid dienone is 2. The summed E-state index contributed by atoms with van der Waals surface area (Å²) in [6.07, 6.45) is 8.41. The van der Waals surface area contributed by atoms with Crippen molar-refractivity contribution in [1.29, 1.82) is 0 Å². The molecule has 0 spiro atoms. The first-order valence-electron chi connectivity index (χ1n) is 8.12. The summed E-state index contributed by atoms with van der Waals surface area (Å²) in [6.45, 7) is 4.28. The molecular formula is C17H26O3. The van der Waals surface area contributed by atoms with Gasteiger partial charge in [-0.15, -0.1) is 0 Å². The summed E-state index contributed by atoms with van der Waals surface area (Å²) >= 11 is 0. The zero-order valence-corrected chi connectivity index (χ0v) is 12.7. The van der Waals surface area contributed by atoms with Crippen molar-refractivity contribution in [3.05, 3.63) is 11.3 Å². The van der Waals surface area contributed by atoms with Crippen LogP contribution in [0.4, 0.5) is 0 Å². The molecule has 0 N–H and O–H groups in total. The summed E-state index contributed by atoms with van der Waals surface area (Å²) in [5, 5.41) is 0. The molecule has 0 saturated heterocycles. The molecule has 0 aromatic heterocycles. The second kappa shape index (κ2) is 7.05. The Bertz CT molecular complexity index is 408. The van der Waals surface area contributed by atoms with E-state index in [0.717, 1.165) is 31.3 Å². The molecule has 20 heavy (non-hydrogen) atoms. The Morgan fingerprint density at radius 1 is 1.00 bits per heavy atom. The van der Waals surface area contributed by atoms with Crippen LogP contribution in [-0.4, -0.2) is 11.8 Å². The highest BCUT2D eigenvalue weighted by atomic mass is 16.5. The van der Waals surface area contributed by atoms with Gasteiger partial charge in [0.25, 0.3) is 0 Å². The number of carbonyl (C=O) groups is 2. The molecule has 1 unspecified atom stereocenters. The Kier molecular flexibility index (Phi) is 5.38. The molecule has 1 heterocycles. The normalized spacial score (nSPS) is 26.5. The van der Waals surface area contributed by atoms with E-state index >= 15 is 0 Å². The first-order valence-corrected chi connectivity index (χ1v) is 8.12. The number of unbranched alkanes of at least 4 members (excludes halogenated alkanes) is 2. The molecule has 2 aliphatic rings. The minimum absolute atomic E-state index is 0.111. The highest BCUT2D eigenvalue weighted by molar-refractivity contribution is 5.99. The summed E-state index contributed by atoms with van der Waals surface area (Å²) in [7, 11) is 0. The zero-order valence-electron chi connectivity index (χ0n) is 12.7. The maximum absolute atomic E-state index is 12.4. The third-order valence-corrected chi connectivity index (χ3v) is 4.46. The average molecular weight is 278 g/mol. The van der Waals surface area contributed by atoms with Gasteiger partial charge in [0.05, 0.1) is 6.42 Å². The lowest BCUT2D eigenvalue weighted by Gasteiger charge is -2.32. The molecule has 0 aromatic carbocycles. The fourth-order valence-electron chi connectivity index (χ4n) is 3.49. The molecule has 0 radical (unpaired) electrons. The van der Waals surface area contributed by atoms with Gasteiger partial charge in [-0.3, -0.25) is 9.59 Å². The third-order valence-electron chi connectivity index (χ3n) is 4.46. The average Bonchev–Trinajstić information content (AvgIpc) is 2.38. The van der Waals surface area contributed by atoms with E-state index < -0.39 is 0 Å². The van der Waals surface area contributed by atoms with Gasteiger partial charge in [-0.25, -0.2) is 0 Å². The van der Waals surface area contributed by atoms with Crippen molar-refractivity contribution in [2.24, 2.45) is 11.8 Å². The van der Waals surface area contributed by atoms with E-state index in [2.05, 4.69) is 13.8 Å². The van der Waals surface area contributed by atoms with Gasteiger partial charge in [0.15, 0.2) is 5.78 Å². The number of ketones is 1. The van der Waals surface area contributed by atoms with E-state index in [9.17, 15) is 9.59 Å². The van der Waals surface area contributed by atoms with E-state index in [0.29, 0.717) is 24.5 Å². The molecule has 2 rings (SSSR count). The number of rotatable bonds is 6. The molecule has 2 atom stereocenters. The van der Waals surface area contributed by atoms with Gasteiger partial charge in [0, 0.05) is 24.3 Å². The molecule has 1 aliphatic heterocycles. The largest absolute Gasteiger partial charge is 0.431 e. The van der Waals surface area contributed by atoms with Crippen molar-refractivity contribution in [3.8, 4) is 0 Å². The Morgan fingerprint density at radius 3 is 2.50 bits per heavy atom. The minimum Gasteiger partial charge on any atom is -0.431 e. The number of hydrogen-bond donors (Lipinski definition) is 0. The Labute approximate surface area is 121 Å². The van der Waals surface area contributed by atoms with Crippen LogP contribution in [0.1, 0.15) is 71.6 Å². The molecule has 0 saturated carbocycles. The highest BCUT2D eigenvalue weighted by Gasteiger charge is 2.37. The van der Waals surface area contributed by atoms with Gasteiger partial charge in [0.1, 0.15) is 5.76 Å². The fraction of sp³-hybridized carbons (Fsp3) is 0.765. The second-order valence-electron chi connectivity index (χ2n) is 6.19. The molecule has 0 fully saturated rings. The molecule has 0 amide bonds. The Balaban J connectivity index is 2.08. The van der Waals surface area contributed by atoms with Gasteiger partial charge >= 0.3 is 5.97 Å². The molecule has 112 valence electrons. The van der Waals surface area contributed by atoms with Crippen LogP contribution >= 0.6 is 0 Å². The fourth-order valence-corrected chi connectivity index (χ4v) is 3.49. The van der Waals surface area contributed by atoms with Crippen LogP contribution in [0.15, 0.2) is 11.3 Å². The lowest BCUT2D eigenvalue weighted by atomic mass is 9.76. The van der Waals surface area contributed by atoms with Crippen LogP contribution in [0.5, 0.6) is 0 Å². The van der Waals surface area contributed by atoms with Gasteiger partial charge < -0.3 is 4.74 Å². The quantitative estimate of drug-likeness (QED) is 0.541. The number of Topliss-reactive ketones (excluding diaryl/α,β-unsaturated/α-hetero) is 1. The van der Waals surface area contributed by atoms with E-state index in [4.69, 9.17) is 4.74 Å². The topological polar surface area (TPSA) is 43.4 Å². The van der Waals surface area contributed by atoms with Gasteiger partial charge in [-0.2, -0.15) is 0 Å². The van der Waals surface area contributed by atoms with Gasteiger partial charge in [0.2, 0.25) is 0 Å². The van der Waals surface area contributed by atoms with Crippen molar-refractivity contribution < 1.29 is 14.3 Å². The van der Waals surface area contributed by atoms with Gasteiger partial charge in [-0.1, -0.05) is 39.5 Å². The van der Waals surface area contributed by atoms with Crippen LogP contribution in [0, 0.1) is 11.8 Å². The first kappa shape index (κ1) is 15.3. The van der Waals surface area contributed by atoms with Crippen LogP contribution < -0.4 is 0 Å². The molecule has 0 bridgehead atoms. The van der Waals surface area contributed by atoms with Crippen molar-refractivity contribution in [2.75, 3.05) is 0 Å². The molecule has 3 heteroatoms. The van der Waals surface area contributed by atoms with Crippen LogP contribution in [0.3, 0.4) is 0 Å². The molecule has 1 aliphatic carbocycles. The number of carbonyl (C=O) groups excluding carboxylic acids is 2. The number of esters is 1. The predicted octanol–water partition coefficient (Wildman–Crippen LogP) is 4.16. The highest BCUT2D eigenvalue weighted by Crippen LogP contribution is 2.40. The lowest BCUT2D eigenvalue weighted by molar-refractivity contribution is -0.143. The summed E-state index contributed by atoms with van der Waals surface area (Å²) in [5.41, 5.74) is 0.846. The van der Waals surface area contributed by atoms with Crippen molar-refractivity contribution in [3.63, 3.8) is 0 Å². The summed E-state index contributed by atoms with van der Waals surface area (Å²) < 4.78 is 5.39. The van der Waals surface area contributed by atoms with Crippen molar-refractivity contribution in [1.82, 2.24) is 0 Å². The van der Waals surface area contributed by atoms with Crippen LogP contribution in [-0.2, 0) is 14.3 Å². The Morgan fingerprint density at radius 2 is 1.80 bits per heavy atom. The van der Waals surface area contributed by atoms with Crippen LogP contribution in [0.25, 0.3) is 0 Å². The van der Waals surface area contributed by atoms with Crippen LogP contribution in [0.2, 0.25) is 0 Å². The lowest BCUT2D eigenvalue weighted by Crippen LogP contribution is -2.31. The first-order chi connectivity index (χ1) is 9.65. The molecular weight excluding hydrogens is 252 g/mol. The summed E-state index contributed by atoms with van der Waals surface area (Å²) in [4.78, 5) is 24.1. The van der Waals surface area contributed by atoms with Crippen molar-refractivity contribution in [2.45, 2.75) is 71.6 Å². The number of hydrogen-bond acceptors (Lipinski definition) is 3. The van der Waals surface area contributed by atoms with E-state index in [1.165, 1.54) is 19.3 Å². The monoisotopic (exact) mass is 278 g/mol. The maximum Gasteiger partial charge on any atom is 0.311 e. The summed E-state index contributed by atoms with van der Waals surface area (Å²) in [5.74, 6) is 1.28. The minimum atomic E-state index is -0.149. The second-order valence-corrected chi connectivity index (χ2v) is 6.19. The van der Waals surface area contributed by atoms with Crippen molar-refractivity contribution >= 4 is 11.8 Å². The predicted molar refractivity (Wildman–Crippen MR) is 78.0 cm³/mol. The maximum atomic E-state index is 12.4. The summed E-state index contributed by atoms with van der Waals surface area (Å²) in [6, 6.07) is 0.